The molecule has 3 rings (SSSR count). The molecule has 2 aromatic rings. The van der Waals surface area contributed by atoms with Gasteiger partial charge in [-0.1, -0.05) is 18.2 Å². The predicted molar refractivity (Wildman–Crippen MR) is 103 cm³/mol. The average Bonchev–Trinajstić information content (AvgIpc) is 2.90. The maximum Gasteiger partial charge on any atom is 0.278 e. The molecule has 27 heavy (non-hydrogen) atoms. The number of nitrogens with zero attached hydrogens (tertiary/aromatic N) is 3. The van der Waals surface area contributed by atoms with Gasteiger partial charge in [-0.2, -0.15) is 5.10 Å². The number of anilines is 1. The second kappa shape index (κ2) is 6.98. The van der Waals surface area contributed by atoms with Crippen LogP contribution in [0.15, 0.2) is 41.2 Å². The molecule has 1 aromatic heterocycles. The van der Waals surface area contributed by atoms with Crippen molar-refractivity contribution in [1.29, 1.82) is 0 Å². The zero-order valence-corrected chi connectivity index (χ0v) is 16.0. The first-order valence-electron chi connectivity index (χ1n) is 8.96. The van der Waals surface area contributed by atoms with Crippen LogP contribution in [0.25, 0.3) is 0 Å². The Hall–Kier alpha value is -2.96. The summed E-state index contributed by atoms with van der Waals surface area (Å²) in [6, 6.07) is 10.4. The molecular formula is C20H24N4O3. The van der Waals surface area contributed by atoms with E-state index in [2.05, 4.69) is 10.4 Å². The fraction of sp³-hybridized carbons (Fsp3) is 0.400. The van der Waals surface area contributed by atoms with Crippen LogP contribution in [-0.4, -0.2) is 33.2 Å². The Labute approximate surface area is 158 Å². The zero-order chi connectivity index (χ0) is 19.8. The summed E-state index contributed by atoms with van der Waals surface area (Å²) in [5.41, 5.74) is 1.27. The molecule has 1 atom stereocenters. The van der Waals surface area contributed by atoms with Gasteiger partial charge < -0.3 is 10.2 Å². The van der Waals surface area contributed by atoms with E-state index in [1.165, 1.54) is 12.1 Å². The summed E-state index contributed by atoms with van der Waals surface area (Å²) in [6.07, 6.45) is 0.773. The Kier molecular flexibility index (Phi) is 4.87. The molecule has 0 aliphatic carbocycles. The van der Waals surface area contributed by atoms with Crippen LogP contribution in [0, 0.1) is 0 Å². The van der Waals surface area contributed by atoms with Crippen LogP contribution in [-0.2, 0) is 17.8 Å². The van der Waals surface area contributed by atoms with Gasteiger partial charge in [0.15, 0.2) is 0 Å². The van der Waals surface area contributed by atoms with Gasteiger partial charge in [0.2, 0.25) is 5.91 Å². The molecule has 0 fully saturated rings. The van der Waals surface area contributed by atoms with E-state index in [4.69, 9.17) is 0 Å². The van der Waals surface area contributed by atoms with Crippen LogP contribution in [0.2, 0.25) is 0 Å². The summed E-state index contributed by atoms with van der Waals surface area (Å²) in [5.74, 6) is -0.612. The van der Waals surface area contributed by atoms with Crippen molar-refractivity contribution in [2.24, 2.45) is 0 Å². The Morgan fingerprint density at radius 2 is 1.89 bits per heavy atom. The molecule has 0 saturated heterocycles. The number of aromatic nitrogens is 2. The third kappa shape index (κ3) is 4.07. The third-order valence-electron chi connectivity index (χ3n) is 4.32. The number of rotatable bonds is 3. The van der Waals surface area contributed by atoms with Gasteiger partial charge in [0.05, 0.1) is 0 Å². The molecule has 1 aliphatic heterocycles. The molecule has 2 heterocycles. The summed E-state index contributed by atoms with van der Waals surface area (Å²) in [7, 11) is 0. The topological polar surface area (TPSA) is 84.3 Å². The van der Waals surface area contributed by atoms with Crippen LogP contribution in [0.1, 0.15) is 43.7 Å². The van der Waals surface area contributed by atoms with Crippen molar-refractivity contribution in [3.63, 3.8) is 0 Å². The van der Waals surface area contributed by atoms with Gasteiger partial charge >= 0.3 is 0 Å². The molecule has 1 N–H and O–H groups in total. The van der Waals surface area contributed by atoms with Crippen molar-refractivity contribution in [1.82, 2.24) is 15.1 Å². The number of carbonyl (C=O) groups is 2. The lowest BCUT2D eigenvalue weighted by molar-refractivity contribution is -0.123. The fourth-order valence-corrected chi connectivity index (χ4v) is 3.27. The van der Waals surface area contributed by atoms with Gasteiger partial charge in [0.1, 0.15) is 12.2 Å². The van der Waals surface area contributed by atoms with Gasteiger partial charge in [-0.25, -0.2) is 4.68 Å². The number of hydrogen-bond acceptors (Lipinski definition) is 4. The number of carbonyl (C=O) groups excluding carboxylic acids is 2. The predicted octanol–water partition coefficient (Wildman–Crippen LogP) is 1.75. The lowest BCUT2D eigenvalue weighted by Gasteiger charge is -2.23. The summed E-state index contributed by atoms with van der Waals surface area (Å²) >= 11 is 0. The highest BCUT2D eigenvalue weighted by Gasteiger charge is 2.32. The van der Waals surface area contributed by atoms with Crippen LogP contribution < -0.4 is 15.8 Å². The lowest BCUT2D eigenvalue weighted by atomic mass is 10.1. The van der Waals surface area contributed by atoms with Crippen LogP contribution in [0.3, 0.4) is 0 Å². The van der Waals surface area contributed by atoms with E-state index in [1.807, 2.05) is 52.0 Å². The first-order valence-corrected chi connectivity index (χ1v) is 8.96. The lowest BCUT2D eigenvalue weighted by Crippen LogP contribution is -2.44. The molecule has 0 spiro atoms. The fourth-order valence-electron chi connectivity index (χ4n) is 3.27. The monoisotopic (exact) mass is 368 g/mol. The van der Waals surface area contributed by atoms with Gasteiger partial charge in [-0.05, 0) is 51.8 Å². The van der Waals surface area contributed by atoms with Crippen molar-refractivity contribution in [3.8, 4) is 0 Å². The number of fused-ring (bicyclic) bond motifs is 1. The average molecular weight is 368 g/mol. The van der Waals surface area contributed by atoms with Crippen LogP contribution in [0.4, 0.5) is 5.69 Å². The molecule has 0 bridgehead atoms. The molecule has 142 valence electrons. The standard InChI is InChI=1S/C20H24N4O3/c1-13-11-14-7-5-6-8-16(14)24(13)19(27)15-9-10-18(26)23(22-15)12-17(25)21-20(2,3)4/h5-10,13H,11-12H2,1-4H3,(H,21,25)/t13-/m1/s1. The minimum Gasteiger partial charge on any atom is -0.350 e. The second-order valence-corrected chi connectivity index (χ2v) is 7.87. The van der Waals surface area contributed by atoms with E-state index < -0.39 is 11.1 Å². The summed E-state index contributed by atoms with van der Waals surface area (Å²) < 4.78 is 1.03. The van der Waals surface area contributed by atoms with Crippen molar-refractivity contribution >= 4 is 17.5 Å². The van der Waals surface area contributed by atoms with Gasteiger partial charge in [0, 0.05) is 23.3 Å². The number of para-hydroxylation sites is 1. The molecule has 7 nitrogen and oxygen atoms in total. The second-order valence-electron chi connectivity index (χ2n) is 7.87. The van der Waals surface area contributed by atoms with E-state index in [9.17, 15) is 14.4 Å². The SMILES string of the molecule is C[C@@H]1Cc2ccccc2N1C(=O)c1ccc(=O)n(CC(=O)NC(C)(C)C)n1. The summed E-state index contributed by atoms with van der Waals surface area (Å²) in [4.78, 5) is 38.9. The Bertz CT molecular complexity index is 943. The van der Waals surface area contributed by atoms with Gasteiger partial charge in [-0.3, -0.25) is 14.4 Å². The highest BCUT2D eigenvalue weighted by Crippen LogP contribution is 2.32. The molecule has 0 unspecified atom stereocenters. The quantitative estimate of drug-likeness (QED) is 0.895. The number of nitrogens with one attached hydrogen (secondary N) is 1. The highest BCUT2D eigenvalue weighted by molar-refractivity contribution is 6.06. The first-order chi connectivity index (χ1) is 12.7. The van der Waals surface area contributed by atoms with E-state index in [0.29, 0.717) is 0 Å². The zero-order valence-electron chi connectivity index (χ0n) is 16.0. The van der Waals surface area contributed by atoms with Crippen molar-refractivity contribution in [2.45, 2.75) is 52.2 Å². The third-order valence-corrected chi connectivity index (χ3v) is 4.32. The molecular weight excluding hydrogens is 344 g/mol. The number of benzene rings is 1. The van der Waals surface area contributed by atoms with E-state index in [-0.39, 0.29) is 30.1 Å². The number of amides is 2. The Morgan fingerprint density at radius 1 is 1.19 bits per heavy atom. The maximum atomic E-state index is 13.0. The minimum atomic E-state index is -0.425. The molecule has 1 aliphatic rings. The van der Waals surface area contributed by atoms with Gasteiger partial charge in [0.25, 0.3) is 11.5 Å². The van der Waals surface area contributed by atoms with Crippen molar-refractivity contribution < 1.29 is 9.59 Å². The number of hydrogen-bond donors (Lipinski definition) is 1. The Morgan fingerprint density at radius 3 is 2.59 bits per heavy atom. The summed E-state index contributed by atoms with van der Waals surface area (Å²) in [6.45, 7) is 7.31. The highest BCUT2D eigenvalue weighted by atomic mass is 16.2. The maximum absolute atomic E-state index is 13.0. The molecule has 2 amide bonds. The van der Waals surface area contributed by atoms with Crippen molar-refractivity contribution in [3.05, 3.63) is 58.0 Å². The molecule has 1 aromatic carbocycles. The molecule has 0 saturated carbocycles. The van der Waals surface area contributed by atoms with Gasteiger partial charge in [-0.15, -0.1) is 0 Å². The van der Waals surface area contributed by atoms with E-state index >= 15 is 0 Å². The van der Waals surface area contributed by atoms with Crippen LogP contribution in [0.5, 0.6) is 0 Å². The minimum absolute atomic E-state index is 0.00117. The van der Waals surface area contributed by atoms with E-state index in [1.54, 1.807) is 4.90 Å². The molecule has 0 radical (unpaired) electrons. The molecule has 7 heteroatoms. The van der Waals surface area contributed by atoms with Crippen molar-refractivity contribution in [2.75, 3.05) is 4.90 Å². The largest absolute Gasteiger partial charge is 0.350 e. The first kappa shape index (κ1) is 18.8. The normalized spacial score (nSPS) is 16.1. The Balaban J connectivity index is 1.87. The van der Waals surface area contributed by atoms with E-state index in [0.717, 1.165) is 22.4 Å². The summed E-state index contributed by atoms with van der Waals surface area (Å²) in [5, 5.41) is 6.93. The smallest absolute Gasteiger partial charge is 0.278 e. The van der Waals surface area contributed by atoms with Crippen LogP contribution >= 0.6 is 0 Å².